The number of aliphatic imine (C=N–C) groups is 1. The maximum Gasteiger partial charge on any atom is 0.191 e. The van der Waals surface area contributed by atoms with E-state index in [0.29, 0.717) is 19.1 Å². The van der Waals surface area contributed by atoms with Gasteiger partial charge < -0.3 is 20.1 Å². The molecule has 0 radical (unpaired) electrons. The summed E-state index contributed by atoms with van der Waals surface area (Å²) in [5, 5.41) is 0. The van der Waals surface area contributed by atoms with E-state index in [-0.39, 0.29) is 0 Å². The Hall–Kier alpha value is -1.91. The molecule has 1 aliphatic rings. The molecule has 1 saturated heterocycles. The van der Waals surface area contributed by atoms with Gasteiger partial charge in [0.15, 0.2) is 17.5 Å². The van der Waals surface area contributed by atoms with Gasteiger partial charge in [-0.05, 0) is 43.4 Å². The minimum atomic E-state index is 0.562. The summed E-state index contributed by atoms with van der Waals surface area (Å²) in [6.45, 7) is 5.37. The molecular formula is C17H27N3O2. The highest BCUT2D eigenvalue weighted by Gasteiger charge is 2.12. The zero-order chi connectivity index (χ0) is 15.8. The summed E-state index contributed by atoms with van der Waals surface area (Å²) in [4.78, 5) is 6.68. The standard InChI is InChI=1S/C17H27N3O2/c1-3-11-22-15-8-7-14(12-16(15)21-2)13-19-17(18)20-9-5-4-6-10-20/h7-8,12H,3-6,9-11,13H2,1-2H3,(H2,18,19). The number of guanidine groups is 1. The van der Waals surface area contributed by atoms with Crippen LogP contribution in [0.3, 0.4) is 0 Å². The van der Waals surface area contributed by atoms with Gasteiger partial charge >= 0.3 is 0 Å². The van der Waals surface area contributed by atoms with Crippen LogP contribution in [-0.2, 0) is 6.54 Å². The topological polar surface area (TPSA) is 60.1 Å². The lowest BCUT2D eigenvalue weighted by molar-refractivity contribution is 0.294. The van der Waals surface area contributed by atoms with Crippen molar-refractivity contribution in [2.45, 2.75) is 39.2 Å². The van der Waals surface area contributed by atoms with Crippen molar-refractivity contribution in [1.82, 2.24) is 4.90 Å². The van der Waals surface area contributed by atoms with E-state index in [4.69, 9.17) is 15.2 Å². The van der Waals surface area contributed by atoms with Crippen LogP contribution < -0.4 is 15.2 Å². The molecule has 0 aliphatic carbocycles. The van der Waals surface area contributed by atoms with Gasteiger partial charge in [0, 0.05) is 13.1 Å². The molecule has 0 amide bonds. The van der Waals surface area contributed by atoms with Crippen molar-refractivity contribution < 1.29 is 9.47 Å². The first-order valence-corrected chi connectivity index (χ1v) is 8.09. The molecule has 1 aromatic carbocycles. The van der Waals surface area contributed by atoms with Gasteiger partial charge in [0.05, 0.1) is 20.3 Å². The summed E-state index contributed by atoms with van der Waals surface area (Å²) in [6, 6.07) is 5.93. The number of rotatable bonds is 6. The number of piperidine rings is 1. The fourth-order valence-corrected chi connectivity index (χ4v) is 2.54. The van der Waals surface area contributed by atoms with E-state index in [0.717, 1.165) is 36.6 Å². The van der Waals surface area contributed by atoms with Gasteiger partial charge in [0.25, 0.3) is 0 Å². The van der Waals surface area contributed by atoms with Crippen molar-refractivity contribution in [3.05, 3.63) is 23.8 Å². The first-order valence-electron chi connectivity index (χ1n) is 8.09. The van der Waals surface area contributed by atoms with E-state index in [1.165, 1.54) is 19.3 Å². The maximum atomic E-state index is 6.08. The molecule has 1 fully saturated rings. The molecule has 22 heavy (non-hydrogen) atoms. The van der Waals surface area contributed by atoms with Crippen molar-refractivity contribution in [1.29, 1.82) is 0 Å². The third-order valence-electron chi connectivity index (χ3n) is 3.79. The molecule has 0 saturated carbocycles. The number of nitrogens with zero attached hydrogens (tertiary/aromatic N) is 2. The fraction of sp³-hybridized carbons (Fsp3) is 0.588. The molecule has 0 spiro atoms. The fourth-order valence-electron chi connectivity index (χ4n) is 2.54. The number of nitrogens with two attached hydrogens (primary N) is 1. The number of hydrogen-bond donors (Lipinski definition) is 1. The molecule has 5 nitrogen and oxygen atoms in total. The van der Waals surface area contributed by atoms with E-state index in [1.54, 1.807) is 7.11 Å². The highest BCUT2D eigenvalue weighted by Crippen LogP contribution is 2.28. The van der Waals surface area contributed by atoms with Crippen molar-refractivity contribution in [2.75, 3.05) is 26.8 Å². The van der Waals surface area contributed by atoms with Crippen LogP contribution >= 0.6 is 0 Å². The van der Waals surface area contributed by atoms with Crippen LogP contribution in [0.5, 0.6) is 11.5 Å². The lowest BCUT2D eigenvalue weighted by atomic mass is 10.1. The van der Waals surface area contributed by atoms with Gasteiger partial charge in [-0.3, -0.25) is 0 Å². The predicted octanol–water partition coefficient (Wildman–Crippen LogP) is 2.78. The molecular weight excluding hydrogens is 278 g/mol. The molecule has 0 aromatic heterocycles. The lowest BCUT2D eigenvalue weighted by Crippen LogP contribution is -2.40. The molecule has 2 rings (SSSR count). The van der Waals surface area contributed by atoms with E-state index in [9.17, 15) is 0 Å². The Bertz CT molecular complexity index is 497. The molecule has 1 aromatic rings. The largest absolute Gasteiger partial charge is 0.493 e. The number of likely N-dealkylation sites (tertiary alicyclic amines) is 1. The zero-order valence-electron chi connectivity index (χ0n) is 13.7. The number of ether oxygens (including phenoxy) is 2. The monoisotopic (exact) mass is 305 g/mol. The van der Waals surface area contributed by atoms with Crippen molar-refractivity contribution >= 4 is 5.96 Å². The first-order chi connectivity index (χ1) is 10.7. The normalized spacial score (nSPS) is 15.7. The van der Waals surface area contributed by atoms with Gasteiger partial charge in [-0.1, -0.05) is 13.0 Å². The van der Waals surface area contributed by atoms with Crippen LogP contribution in [0.25, 0.3) is 0 Å². The quantitative estimate of drug-likeness (QED) is 0.648. The molecule has 5 heteroatoms. The van der Waals surface area contributed by atoms with Gasteiger partial charge in [-0.2, -0.15) is 0 Å². The zero-order valence-corrected chi connectivity index (χ0v) is 13.7. The third-order valence-corrected chi connectivity index (χ3v) is 3.79. The van der Waals surface area contributed by atoms with Gasteiger partial charge in [0.1, 0.15) is 0 Å². The average molecular weight is 305 g/mol. The molecule has 122 valence electrons. The van der Waals surface area contributed by atoms with Gasteiger partial charge in [-0.15, -0.1) is 0 Å². The Kier molecular flexibility index (Phi) is 6.37. The molecule has 1 aliphatic heterocycles. The summed E-state index contributed by atoms with van der Waals surface area (Å²) in [5.41, 5.74) is 7.15. The van der Waals surface area contributed by atoms with E-state index in [1.807, 2.05) is 18.2 Å². The van der Waals surface area contributed by atoms with Crippen LogP contribution in [0.1, 0.15) is 38.2 Å². The van der Waals surface area contributed by atoms with Crippen molar-refractivity contribution in [3.8, 4) is 11.5 Å². The summed E-state index contributed by atoms with van der Waals surface area (Å²) < 4.78 is 11.1. The summed E-state index contributed by atoms with van der Waals surface area (Å²) in [7, 11) is 1.66. The summed E-state index contributed by atoms with van der Waals surface area (Å²) in [6.07, 6.45) is 4.67. The second-order valence-corrected chi connectivity index (χ2v) is 5.56. The van der Waals surface area contributed by atoms with Gasteiger partial charge in [0.2, 0.25) is 0 Å². The number of benzene rings is 1. The van der Waals surface area contributed by atoms with Crippen LogP contribution in [0.15, 0.2) is 23.2 Å². The van der Waals surface area contributed by atoms with Crippen LogP contribution in [-0.4, -0.2) is 37.7 Å². The smallest absolute Gasteiger partial charge is 0.191 e. The van der Waals surface area contributed by atoms with E-state index in [2.05, 4.69) is 16.8 Å². The second-order valence-electron chi connectivity index (χ2n) is 5.56. The van der Waals surface area contributed by atoms with Crippen molar-refractivity contribution in [2.24, 2.45) is 10.7 Å². The van der Waals surface area contributed by atoms with E-state index < -0.39 is 0 Å². The van der Waals surface area contributed by atoms with Gasteiger partial charge in [-0.25, -0.2) is 4.99 Å². The Labute approximate surface area is 133 Å². The summed E-state index contributed by atoms with van der Waals surface area (Å²) >= 11 is 0. The molecule has 0 atom stereocenters. The molecule has 2 N–H and O–H groups in total. The Balaban J connectivity index is 1.99. The maximum absolute atomic E-state index is 6.08. The lowest BCUT2D eigenvalue weighted by Gasteiger charge is -2.27. The highest BCUT2D eigenvalue weighted by molar-refractivity contribution is 5.78. The predicted molar refractivity (Wildman–Crippen MR) is 89.5 cm³/mol. The molecule has 1 heterocycles. The third kappa shape index (κ3) is 4.55. The minimum absolute atomic E-state index is 0.562. The first kappa shape index (κ1) is 16.5. The Morgan fingerprint density at radius 3 is 2.68 bits per heavy atom. The van der Waals surface area contributed by atoms with Crippen LogP contribution in [0.2, 0.25) is 0 Å². The van der Waals surface area contributed by atoms with Crippen LogP contribution in [0, 0.1) is 0 Å². The van der Waals surface area contributed by atoms with E-state index >= 15 is 0 Å². The highest BCUT2D eigenvalue weighted by atomic mass is 16.5. The number of methoxy groups -OCH3 is 1. The number of hydrogen-bond acceptors (Lipinski definition) is 3. The minimum Gasteiger partial charge on any atom is -0.493 e. The Morgan fingerprint density at radius 1 is 1.23 bits per heavy atom. The summed E-state index contributed by atoms with van der Waals surface area (Å²) in [5.74, 6) is 2.17. The molecule has 0 bridgehead atoms. The second kappa shape index (κ2) is 8.51. The Morgan fingerprint density at radius 2 is 2.00 bits per heavy atom. The SMILES string of the molecule is CCCOc1ccc(CN=C(N)N2CCCCC2)cc1OC. The average Bonchev–Trinajstić information content (AvgIpc) is 2.58. The van der Waals surface area contributed by atoms with Crippen LogP contribution in [0.4, 0.5) is 0 Å². The van der Waals surface area contributed by atoms with Crippen molar-refractivity contribution in [3.63, 3.8) is 0 Å². The molecule has 0 unspecified atom stereocenters.